The normalized spacial score (nSPS) is 11.9. The van der Waals surface area contributed by atoms with Crippen molar-refractivity contribution in [3.05, 3.63) is 34.9 Å². The van der Waals surface area contributed by atoms with Gasteiger partial charge in [0.1, 0.15) is 11.6 Å². The summed E-state index contributed by atoms with van der Waals surface area (Å²) in [6.07, 6.45) is 0. The minimum Gasteiger partial charge on any atom is -0.207 e. The van der Waals surface area contributed by atoms with E-state index in [2.05, 4.69) is 15.9 Å². The van der Waals surface area contributed by atoms with Gasteiger partial charge in [0.25, 0.3) is 0 Å². The number of halogens is 3. The Morgan fingerprint density at radius 2 is 1.79 bits per heavy atom. The van der Waals surface area contributed by atoms with Crippen LogP contribution in [0.3, 0.4) is 0 Å². The van der Waals surface area contributed by atoms with Crippen molar-refractivity contribution in [2.24, 2.45) is 0 Å². The predicted octanol–water partition coefficient (Wildman–Crippen LogP) is 3.95. The van der Waals surface area contributed by atoms with Crippen LogP contribution in [-0.4, -0.2) is 5.33 Å². The van der Waals surface area contributed by atoms with Crippen LogP contribution in [0, 0.1) is 18.6 Å². The van der Waals surface area contributed by atoms with Crippen LogP contribution in [0.25, 0.3) is 0 Å². The van der Waals surface area contributed by atoms with Crippen LogP contribution in [0.2, 0.25) is 0 Å². The minimum absolute atomic E-state index is 0.339. The van der Waals surface area contributed by atoms with Crippen LogP contribution in [0.4, 0.5) is 8.78 Å². The zero-order valence-corrected chi connectivity index (χ0v) is 10.1. The van der Waals surface area contributed by atoms with E-state index >= 15 is 0 Å². The van der Waals surface area contributed by atoms with Gasteiger partial charge in [-0.1, -0.05) is 29.8 Å². The highest BCUT2D eigenvalue weighted by atomic mass is 79.9. The number of aryl methyl sites for hydroxylation is 1. The van der Waals surface area contributed by atoms with Gasteiger partial charge in [0.05, 0.1) is 0 Å². The average molecular weight is 263 g/mol. The summed E-state index contributed by atoms with van der Waals surface area (Å²) in [5, 5.41) is 0.597. The van der Waals surface area contributed by atoms with Gasteiger partial charge in [-0.2, -0.15) is 0 Å². The third kappa shape index (κ3) is 2.14. The van der Waals surface area contributed by atoms with Crippen molar-refractivity contribution in [2.75, 3.05) is 5.33 Å². The molecule has 0 unspecified atom stereocenters. The molecule has 3 heteroatoms. The molecule has 1 aromatic carbocycles. The molecule has 1 rings (SSSR count). The molecule has 0 N–H and O–H groups in total. The number of hydrogen-bond acceptors (Lipinski definition) is 0. The number of rotatable bonds is 2. The predicted molar refractivity (Wildman–Crippen MR) is 57.9 cm³/mol. The zero-order chi connectivity index (χ0) is 10.9. The molecule has 78 valence electrons. The lowest BCUT2D eigenvalue weighted by Gasteiger charge is -2.23. The first-order valence-corrected chi connectivity index (χ1v) is 5.52. The largest absolute Gasteiger partial charge is 0.207 e. The topological polar surface area (TPSA) is 0 Å². The fourth-order valence-corrected chi connectivity index (χ4v) is 1.54. The lowest BCUT2D eigenvalue weighted by atomic mass is 9.86. The summed E-state index contributed by atoms with van der Waals surface area (Å²) in [4.78, 5) is 0. The van der Waals surface area contributed by atoms with Crippen LogP contribution in [-0.2, 0) is 5.41 Å². The maximum Gasteiger partial charge on any atom is 0.127 e. The number of benzene rings is 1. The van der Waals surface area contributed by atoms with E-state index in [1.807, 2.05) is 13.8 Å². The molecule has 0 heterocycles. The Hall–Kier alpha value is -0.440. The molecule has 0 saturated heterocycles. The van der Waals surface area contributed by atoms with Gasteiger partial charge in [0.15, 0.2) is 0 Å². The molecule has 1 aromatic rings. The van der Waals surface area contributed by atoms with E-state index in [4.69, 9.17) is 0 Å². The highest BCUT2D eigenvalue weighted by Crippen LogP contribution is 2.29. The summed E-state index contributed by atoms with van der Waals surface area (Å²) < 4.78 is 26.8. The molecule has 0 saturated carbocycles. The molecule has 0 aromatic heterocycles. The third-order valence-corrected chi connectivity index (χ3v) is 3.71. The standard InChI is InChI=1S/C11H13BrF2/c1-7-4-10(14)8(5-9(7)13)11(2,3)6-12/h4-5H,6H2,1-3H3. The summed E-state index contributed by atoms with van der Waals surface area (Å²) in [7, 11) is 0. The van der Waals surface area contributed by atoms with Gasteiger partial charge in [-0.3, -0.25) is 0 Å². The summed E-state index contributed by atoms with van der Waals surface area (Å²) in [5.41, 5.74) is 0.368. The van der Waals surface area contributed by atoms with Crippen LogP contribution in [0.5, 0.6) is 0 Å². The highest BCUT2D eigenvalue weighted by molar-refractivity contribution is 9.09. The van der Waals surface area contributed by atoms with Gasteiger partial charge in [-0.05, 0) is 30.2 Å². The molecular weight excluding hydrogens is 250 g/mol. The second-order valence-corrected chi connectivity index (χ2v) is 4.66. The average Bonchev–Trinajstić information content (AvgIpc) is 2.11. The van der Waals surface area contributed by atoms with Crippen LogP contribution in [0.15, 0.2) is 12.1 Å². The fourth-order valence-electron chi connectivity index (χ4n) is 1.24. The van der Waals surface area contributed by atoms with E-state index in [1.165, 1.54) is 12.1 Å². The monoisotopic (exact) mass is 262 g/mol. The van der Waals surface area contributed by atoms with Crippen LogP contribution in [0.1, 0.15) is 25.0 Å². The molecule has 0 amide bonds. The Labute approximate surface area is 91.5 Å². The summed E-state index contributed by atoms with van der Waals surface area (Å²) >= 11 is 3.30. The third-order valence-electron chi connectivity index (χ3n) is 2.31. The second kappa shape index (κ2) is 3.97. The van der Waals surface area contributed by atoms with Gasteiger partial charge in [-0.15, -0.1) is 0 Å². The molecule has 0 nitrogen and oxygen atoms in total. The number of alkyl halides is 1. The minimum atomic E-state index is -0.390. The maximum atomic E-state index is 13.5. The quantitative estimate of drug-likeness (QED) is 0.709. The van der Waals surface area contributed by atoms with Gasteiger partial charge in [0.2, 0.25) is 0 Å². The van der Waals surface area contributed by atoms with Gasteiger partial charge in [0, 0.05) is 10.7 Å². The molecule has 0 aliphatic rings. The molecule has 0 spiro atoms. The van der Waals surface area contributed by atoms with Crippen molar-refractivity contribution in [3.8, 4) is 0 Å². The van der Waals surface area contributed by atoms with Gasteiger partial charge >= 0.3 is 0 Å². The molecule has 0 aliphatic heterocycles. The molecule has 0 aliphatic carbocycles. The molecule has 14 heavy (non-hydrogen) atoms. The Bertz CT molecular complexity index is 345. The zero-order valence-electron chi connectivity index (χ0n) is 8.50. The lowest BCUT2D eigenvalue weighted by Crippen LogP contribution is -2.21. The molecule has 0 radical (unpaired) electrons. The van der Waals surface area contributed by atoms with Crippen molar-refractivity contribution in [2.45, 2.75) is 26.2 Å². The first-order valence-electron chi connectivity index (χ1n) is 4.40. The Morgan fingerprint density at radius 1 is 1.21 bits per heavy atom. The Kier molecular flexibility index (Phi) is 3.30. The van der Waals surface area contributed by atoms with E-state index in [0.717, 1.165) is 0 Å². The summed E-state index contributed by atoms with van der Waals surface area (Å²) in [6, 6.07) is 2.53. The molecule has 0 fully saturated rings. The second-order valence-electron chi connectivity index (χ2n) is 4.10. The van der Waals surface area contributed by atoms with Crippen molar-refractivity contribution in [1.29, 1.82) is 0 Å². The van der Waals surface area contributed by atoms with Crippen molar-refractivity contribution < 1.29 is 8.78 Å². The van der Waals surface area contributed by atoms with Crippen molar-refractivity contribution >= 4 is 15.9 Å². The maximum absolute atomic E-state index is 13.5. The van der Waals surface area contributed by atoms with E-state index in [9.17, 15) is 8.78 Å². The fraction of sp³-hybridized carbons (Fsp3) is 0.455. The summed E-state index contributed by atoms with van der Waals surface area (Å²) in [6.45, 7) is 5.30. The summed E-state index contributed by atoms with van der Waals surface area (Å²) in [5.74, 6) is -0.691. The van der Waals surface area contributed by atoms with Crippen molar-refractivity contribution in [1.82, 2.24) is 0 Å². The van der Waals surface area contributed by atoms with Crippen LogP contribution < -0.4 is 0 Å². The Morgan fingerprint density at radius 3 is 2.29 bits per heavy atom. The smallest absolute Gasteiger partial charge is 0.127 e. The first-order chi connectivity index (χ1) is 6.38. The van der Waals surface area contributed by atoms with Gasteiger partial charge in [-0.25, -0.2) is 8.78 Å². The van der Waals surface area contributed by atoms with E-state index in [1.54, 1.807) is 6.92 Å². The lowest BCUT2D eigenvalue weighted by molar-refractivity contribution is 0.516. The molecular formula is C11H13BrF2. The molecule has 0 bridgehead atoms. The Balaban J connectivity index is 3.29. The SMILES string of the molecule is Cc1cc(F)c(C(C)(C)CBr)cc1F. The van der Waals surface area contributed by atoms with Gasteiger partial charge < -0.3 is 0 Å². The van der Waals surface area contributed by atoms with Crippen molar-refractivity contribution in [3.63, 3.8) is 0 Å². The van der Waals surface area contributed by atoms with Crippen LogP contribution >= 0.6 is 15.9 Å². The highest BCUT2D eigenvalue weighted by Gasteiger charge is 2.24. The molecule has 0 atom stereocenters. The van der Waals surface area contributed by atoms with E-state index in [0.29, 0.717) is 16.5 Å². The van der Waals surface area contributed by atoms with E-state index < -0.39 is 5.41 Å². The van der Waals surface area contributed by atoms with E-state index in [-0.39, 0.29) is 11.6 Å². The first kappa shape index (κ1) is 11.6. The number of hydrogen-bond donors (Lipinski definition) is 0.